The highest BCUT2D eigenvalue weighted by atomic mass is 19.1. The summed E-state index contributed by atoms with van der Waals surface area (Å²) < 4.78 is 13.8. The van der Waals surface area contributed by atoms with Gasteiger partial charge in [-0.2, -0.15) is 5.26 Å². The monoisotopic (exact) mass is 416 g/mol. The van der Waals surface area contributed by atoms with Gasteiger partial charge in [0.05, 0.1) is 23.5 Å². The van der Waals surface area contributed by atoms with Crippen molar-refractivity contribution >= 4 is 16.8 Å². The predicted octanol–water partition coefficient (Wildman–Crippen LogP) is 4.39. The molecule has 1 saturated carbocycles. The normalized spacial score (nSPS) is 28.9. The number of hydrogen-bond donors (Lipinski definition) is 1. The highest BCUT2D eigenvalue weighted by Gasteiger charge is 2.43. The van der Waals surface area contributed by atoms with Gasteiger partial charge in [0, 0.05) is 23.2 Å². The van der Waals surface area contributed by atoms with Crippen LogP contribution in [-0.4, -0.2) is 28.0 Å². The van der Waals surface area contributed by atoms with E-state index in [0.717, 1.165) is 36.6 Å². The molecular weight excluding hydrogens is 391 g/mol. The van der Waals surface area contributed by atoms with Gasteiger partial charge in [0.1, 0.15) is 5.82 Å². The van der Waals surface area contributed by atoms with Gasteiger partial charge in [-0.25, -0.2) is 9.82 Å². The molecular formula is C25H25FN4O. The maximum atomic E-state index is 13.8. The van der Waals surface area contributed by atoms with Crippen LogP contribution in [0.2, 0.25) is 0 Å². The van der Waals surface area contributed by atoms with Gasteiger partial charge in [0.2, 0.25) is 5.91 Å². The molecule has 2 heterocycles. The lowest BCUT2D eigenvalue weighted by Crippen LogP contribution is -2.47. The average Bonchev–Trinajstić information content (AvgIpc) is 3.14. The van der Waals surface area contributed by atoms with Gasteiger partial charge in [0.15, 0.2) is 0 Å². The van der Waals surface area contributed by atoms with E-state index in [2.05, 4.69) is 23.4 Å². The Bertz CT molecular complexity index is 1130. The Labute approximate surface area is 181 Å². The molecule has 0 bridgehead atoms. The second-order valence-corrected chi connectivity index (χ2v) is 8.90. The van der Waals surface area contributed by atoms with Gasteiger partial charge in [0.25, 0.3) is 0 Å². The number of nitrogens with zero attached hydrogens (tertiary/aromatic N) is 3. The van der Waals surface area contributed by atoms with Crippen LogP contribution in [0.5, 0.6) is 0 Å². The smallest absolute Gasteiger partial charge is 0.245 e. The average molecular weight is 417 g/mol. The van der Waals surface area contributed by atoms with Crippen LogP contribution < -0.4 is 5.43 Å². The molecule has 1 aromatic heterocycles. The molecule has 1 amide bonds. The van der Waals surface area contributed by atoms with E-state index >= 15 is 0 Å². The number of amides is 1. The summed E-state index contributed by atoms with van der Waals surface area (Å²) in [6, 6.07) is 8.96. The van der Waals surface area contributed by atoms with Crippen LogP contribution in [0.4, 0.5) is 4.39 Å². The fourth-order valence-electron chi connectivity index (χ4n) is 5.42. The van der Waals surface area contributed by atoms with Crippen LogP contribution in [0.15, 0.2) is 54.3 Å². The van der Waals surface area contributed by atoms with Crippen LogP contribution in [0.25, 0.3) is 10.9 Å². The van der Waals surface area contributed by atoms with Crippen LogP contribution in [0.1, 0.15) is 44.1 Å². The summed E-state index contributed by atoms with van der Waals surface area (Å²) in [5.41, 5.74) is 5.91. The van der Waals surface area contributed by atoms with E-state index < -0.39 is 0 Å². The molecule has 31 heavy (non-hydrogen) atoms. The Morgan fingerprint density at radius 1 is 1.26 bits per heavy atom. The molecule has 158 valence electrons. The molecule has 6 heteroatoms. The largest absolute Gasteiger partial charge is 0.274 e. The topological polar surface area (TPSA) is 69.0 Å². The van der Waals surface area contributed by atoms with Crippen molar-refractivity contribution in [2.24, 2.45) is 11.8 Å². The number of hydrogen-bond acceptors (Lipinski definition) is 4. The van der Waals surface area contributed by atoms with Crippen molar-refractivity contribution in [1.82, 2.24) is 15.4 Å². The molecule has 1 saturated heterocycles. The van der Waals surface area contributed by atoms with Crippen molar-refractivity contribution in [1.29, 1.82) is 5.26 Å². The lowest BCUT2D eigenvalue weighted by molar-refractivity contribution is -0.135. The predicted molar refractivity (Wildman–Crippen MR) is 116 cm³/mol. The summed E-state index contributed by atoms with van der Waals surface area (Å²) in [6.07, 6.45) is 11.3. The molecule has 5 rings (SSSR count). The lowest BCUT2D eigenvalue weighted by atomic mass is 9.75. The summed E-state index contributed by atoms with van der Waals surface area (Å²) in [7, 11) is 0. The summed E-state index contributed by atoms with van der Waals surface area (Å²) in [5.74, 6) is 0.307. The number of allylic oxidation sites excluding steroid dienone is 2. The van der Waals surface area contributed by atoms with Gasteiger partial charge in [-0.1, -0.05) is 12.2 Å². The Hall–Kier alpha value is -3.04. The number of fused-ring (bicyclic) bond motifs is 2. The molecule has 1 aliphatic heterocycles. The van der Waals surface area contributed by atoms with E-state index in [1.165, 1.54) is 11.6 Å². The lowest BCUT2D eigenvalue weighted by Gasteiger charge is -2.37. The number of halogens is 1. The van der Waals surface area contributed by atoms with E-state index in [4.69, 9.17) is 5.26 Å². The van der Waals surface area contributed by atoms with Crippen LogP contribution in [-0.2, 0) is 4.79 Å². The van der Waals surface area contributed by atoms with Crippen molar-refractivity contribution in [2.75, 3.05) is 0 Å². The SMILES string of the molecule is CC(C1CCC(c2ccnc3ccc(F)cc23)CC1)N1NC2C=CC(C#N)=CC2C1=O. The third-order valence-corrected chi connectivity index (χ3v) is 7.21. The second-order valence-electron chi connectivity index (χ2n) is 8.90. The molecule has 3 unspecified atom stereocenters. The summed E-state index contributed by atoms with van der Waals surface area (Å²) >= 11 is 0. The molecule has 2 aliphatic carbocycles. The number of nitriles is 1. The molecule has 0 radical (unpaired) electrons. The Kier molecular flexibility index (Phi) is 5.07. The minimum absolute atomic E-state index is 0.0485. The minimum atomic E-state index is -0.295. The Balaban J connectivity index is 1.28. The first kappa shape index (κ1) is 19.9. The Morgan fingerprint density at radius 2 is 2.06 bits per heavy atom. The summed E-state index contributed by atoms with van der Waals surface area (Å²) in [5, 5.41) is 11.8. The molecule has 2 aromatic rings. The molecule has 3 aliphatic rings. The van der Waals surface area contributed by atoms with E-state index in [1.54, 1.807) is 29.3 Å². The van der Waals surface area contributed by atoms with Crippen molar-refractivity contribution in [2.45, 2.75) is 50.6 Å². The van der Waals surface area contributed by atoms with Gasteiger partial charge < -0.3 is 0 Å². The highest BCUT2D eigenvalue weighted by molar-refractivity contribution is 5.85. The van der Waals surface area contributed by atoms with Crippen molar-refractivity contribution in [3.8, 4) is 6.07 Å². The summed E-state index contributed by atoms with van der Waals surface area (Å²) in [6.45, 7) is 2.11. The zero-order chi connectivity index (χ0) is 21.5. The van der Waals surface area contributed by atoms with E-state index in [0.29, 0.717) is 17.4 Å². The molecule has 2 fully saturated rings. The van der Waals surface area contributed by atoms with E-state index in [1.807, 2.05) is 18.3 Å². The van der Waals surface area contributed by atoms with E-state index in [-0.39, 0.29) is 29.7 Å². The first-order valence-electron chi connectivity index (χ1n) is 11.0. The second kappa shape index (κ2) is 7.90. The zero-order valence-corrected chi connectivity index (χ0v) is 17.5. The minimum Gasteiger partial charge on any atom is -0.274 e. The number of hydrazine groups is 1. The molecule has 5 nitrogen and oxygen atoms in total. The Morgan fingerprint density at radius 3 is 2.84 bits per heavy atom. The molecule has 1 aromatic carbocycles. The number of carbonyl (C=O) groups excluding carboxylic acids is 1. The maximum Gasteiger partial charge on any atom is 0.245 e. The van der Waals surface area contributed by atoms with Crippen molar-refractivity contribution in [3.05, 3.63) is 65.6 Å². The standard InChI is InChI=1S/C25H25FN4O/c1-15(30-25(31)22-12-16(14-27)2-8-24(22)29-30)17-3-5-18(6-4-17)20-10-11-28-23-9-7-19(26)13-21(20)23/h2,7-13,15,17-18,22,24,29H,3-6H2,1H3. The first-order valence-corrected chi connectivity index (χ1v) is 11.0. The third-order valence-electron chi connectivity index (χ3n) is 7.21. The van der Waals surface area contributed by atoms with Crippen LogP contribution in [0, 0.1) is 29.0 Å². The third kappa shape index (κ3) is 3.53. The maximum absolute atomic E-state index is 13.8. The van der Waals surface area contributed by atoms with Gasteiger partial charge >= 0.3 is 0 Å². The van der Waals surface area contributed by atoms with Crippen LogP contribution in [0.3, 0.4) is 0 Å². The zero-order valence-electron chi connectivity index (χ0n) is 17.5. The van der Waals surface area contributed by atoms with Gasteiger partial charge in [-0.3, -0.25) is 14.8 Å². The number of aromatic nitrogens is 1. The van der Waals surface area contributed by atoms with Crippen LogP contribution >= 0.6 is 0 Å². The molecule has 1 N–H and O–H groups in total. The number of benzene rings is 1. The first-order chi connectivity index (χ1) is 15.0. The number of pyridine rings is 1. The van der Waals surface area contributed by atoms with Gasteiger partial charge in [-0.05, 0) is 80.3 Å². The van der Waals surface area contributed by atoms with Gasteiger partial charge in [-0.15, -0.1) is 0 Å². The fraction of sp³-hybridized carbons (Fsp3) is 0.400. The van der Waals surface area contributed by atoms with Crippen molar-refractivity contribution < 1.29 is 9.18 Å². The number of nitrogens with one attached hydrogen (secondary N) is 1. The molecule has 3 atom stereocenters. The van der Waals surface area contributed by atoms with E-state index in [9.17, 15) is 9.18 Å². The van der Waals surface area contributed by atoms with Crippen molar-refractivity contribution in [3.63, 3.8) is 0 Å². The number of carbonyl (C=O) groups is 1. The summed E-state index contributed by atoms with van der Waals surface area (Å²) in [4.78, 5) is 17.4. The number of rotatable bonds is 3. The molecule has 0 spiro atoms. The quantitative estimate of drug-likeness (QED) is 0.806. The fourth-order valence-corrected chi connectivity index (χ4v) is 5.42. The highest BCUT2D eigenvalue weighted by Crippen LogP contribution is 2.41.